The molecule has 6 nitrogen and oxygen atoms in total. The second-order valence-electron chi connectivity index (χ2n) is 4.51. The van der Waals surface area contributed by atoms with Gasteiger partial charge >= 0.3 is 0 Å². The smallest absolute Gasteiger partial charge is 0.248 e. The van der Waals surface area contributed by atoms with E-state index in [0.717, 1.165) is 11.3 Å². The Morgan fingerprint density at radius 2 is 2.14 bits per heavy atom. The van der Waals surface area contributed by atoms with Crippen molar-refractivity contribution in [1.82, 2.24) is 24.5 Å². The number of thiophene rings is 1. The predicted molar refractivity (Wildman–Crippen MR) is 78.3 cm³/mol. The Hall–Kier alpha value is -2.67. The lowest BCUT2D eigenvalue weighted by Crippen LogP contribution is -2.00. The molecule has 0 amide bonds. The summed E-state index contributed by atoms with van der Waals surface area (Å²) in [6.07, 6.45) is 7.69. The van der Waals surface area contributed by atoms with Crippen molar-refractivity contribution in [2.75, 3.05) is 0 Å². The Kier molecular flexibility index (Phi) is 2.89. The molecule has 21 heavy (non-hydrogen) atoms. The normalized spacial score (nSPS) is 11.0. The van der Waals surface area contributed by atoms with Gasteiger partial charge in [-0.3, -0.25) is 4.68 Å². The molecule has 0 aliphatic heterocycles. The minimum absolute atomic E-state index is 0.457. The first-order valence-corrected chi connectivity index (χ1v) is 7.34. The number of hydrogen-bond acceptors (Lipinski definition) is 5. The van der Waals surface area contributed by atoms with Gasteiger partial charge in [0.1, 0.15) is 6.54 Å². The third-order valence-corrected chi connectivity index (χ3v) is 3.75. The van der Waals surface area contributed by atoms with Gasteiger partial charge in [0.15, 0.2) is 0 Å². The third-order valence-electron chi connectivity index (χ3n) is 3.07. The molecule has 7 heteroatoms. The van der Waals surface area contributed by atoms with Crippen molar-refractivity contribution in [2.45, 2.75) is 6.54 Å². The molecular weight excluding hydrogens is 286 g/mol. The minimum Gasteiger partial charge on any atom is -0.337 e. The summed E-state index contributed by atoms with van der Waals surface area (Å²) in [5.41, 5.74) is 1.97. The van der Waals surface area contributed by atoms with Crippen molar-refractivity contribution in [1.29, 1.82) is 0 Å². The molecule has 0 saturated heterocycles. The molecule has 4 rings (SSSR count). The van der Waals surface area contributed by atoms with Crippen LogP contribution < -0.4 is 0 Å². The fourth-order valence-electron chi connectivity index (χ4n) is 2.05. The van der Waals surface area contributed by atoms with E-state index in [1.807, 2.05) is 52.1 Å². The Morgan fingerprint density at radius 3 is 2.95 bits per heavy atom. The summed E-state index contributed by atoms with van der Waals surface area (Å²) in [6.45, 7) is 0.457. The molecule has 0 saturated carbocycles. The van der Waals surface area contributed by atoms with E-state index in [0.29, 0.717) is 18.3 Å². The van der Waals surface area contributed by atoms with Crippen LogP contribution in [0.3, 0.4) is 0 Å². The molecule has 0 radical (unpaired) electrons. The molecule has 4 heterocycles. The lowest BCUT2D eigenvalue weighted by Gasteiger charge is -1.96. The number of aromatic nitrogens is 5. The van der Waals surface area contributed by atoms with E-state index in [-0.39, 0.29) is 0 Å². The molecule has 0 aliphatic rings. The van der Waals surface area contributed by atoms with Gasteiger partial charge in [-0.2, -0.15) is 21.4 Å². The summed E-state index contributed by atoms with van der Waals surface area (Å²) in [6, 6.07) is 5.92. The van der Waals surface area contributed by atoms with Gasteiger partial charge in [-0.1, -0.05) is 5.16 Å². The Morgan fingerprint density at radius 1 is 1.24 bits per heavy atom. The third kappa shape index (κ3) is 2.38. The zero-order valence-electron chi connectivity index (χ0n) is 11.0. The first kappa shape index (κ1) is 12.1. The lowest BCUT2D eigenvalue weighted by atomic mass is 10.3. The van der Waals surface area contributed by atoms with E-state index in [4.69, 9.17) is 4.52 Å². The van der Waals surface area contributed by atoms with Crippen LogP contribution in [0, 0.1) is 0 Å². The van der Waals surface area contributed by atoms with Gasteiger partial charge in [-0.15, -0.1) is 0 Å². The molecule has 0 fully saturated rings. The van der Waals surface area contributed by atoms with Crippen LogP contribution in [0.2, 0.25) is 0 Å². The van der Waals surface area contributed by atoms with Crippen LogP contribution in [0.5, 0.6) is 0 Å². The number of nitrogens with zero attached hydrogens (tertiary/aromatic N) is 5. The predicted octanol–water partition coefficient (Wildman–Crippen LogP) is 2.83. The lowest BCUT2D eigenvalue weighted by molar-refractivity contribution is 0.366. The van der Waals surface area contributed by atoms with E-state index in [2.05, 4.69) is 15.2 Å². The van der Waals surface area contributed by atoms with E-state index < -0.39 is 0 Å². The maximum absolute atomic E-state index is 5.27. The van der Waals surface area contributed by atoms with E-state index in [1.165, 1.54) is 0 Å². The molecule has 4 aromatic heterocycles. The topological polar surface area (TPSA) is 61.7 Å². The molecule has 0 atom stereocenters. The largest absolute Gasteiger partial charge is 0.337 e. The quantitative estimate of drug-likeness (QED) is 0.581. The average molecular weight is 297 g/mol. The standard InChI is InChI=1S/C14H11N5OS/c1-2-5-18(4-1)12-7-15-19(8-12)9-13-16-14(17-20-13)11-3-6-21-10-11/h1-8,10H,9H2. The molecule has 0 bridgehead atoms. The van der Waals surface area contributed by atoms with Crippen molar-refractivity contribution in [3.05, 3.63) is 59.6 Å². The summed E-state index contributed by atoms with van der Waals surface area (Å²) >= 11 is 1.61. The van der Waals surface area contributed by atoms with Crippen molar-refractivity contribution >= 4 is 11.3 Å². The highest BCUT2D eigenvalue weighted by atomic mass is 32.1. The molecule has 104 valence electrons. The highest BCUT2D eigenvalue weighted by Crippen LogP contribution is 2.19. The van der Waals surface area contributed by atoms with Crippen LogP contribution in [-0.2, 0) is 6.54 Å². The second kappa shape index (κ2) is 5.02. The average Bonchev–Trinajstić information content (AvgIpc) is 3.28. The Balaban J connectivity index is 1.54. The first-order chi connectivity index (χ1) is 10.4. The van der Waals surface area contributed by atoms with Crippen molar-refractivity contribution in [3.63, 3.8) is 0 Å². The Bertz CT molecular complexity index is 758. The highest BCUT2D eigenvalue weighted by molar-refractivity contribution is 7.08. The maximum Gasteiger partial charge on any atom is 0.248 e. The molecule has 0 N–H and O–H groups in total. The molecule has 0 aliphatic carbocycles. The van der Waals surface area contributed by atoms with Crippen molar-refractivity contribution < 1.29 is 4.52 Å². The fraction of sp³-hybridized carbons (Fsp3) is 0.0714. The van der Waals surface area contributed by atoms with E-state index in [1.54, 1.807) is 22.2 Å². The zero-order valence-corrected chi connectivity index (χ0v) is 11.8. The molecular formula is C14H11N5OS. The van der Waals surface area contributed by atoms with Crippen LogP contribution in [0.25, 0.3) is 17.1 Å². The van der Waals surface area contributed by atoms with Crippen LogP contribution in [-0.4, -0.2) is 24.5 Å². The number of rotatable bonds is 4. The first-order valence-electron chi connectivity index (χ1n) is 6.39. The van der Waals surface area contributed by atoms with Crippen LogP contribution in [0.4, 0.5) is 0 Å². The minimum atomic E-state index is 0.457. The van der Waals surface area contributed by atoms with Gasteiger partial charge in [0.05, 0.1) is 11.9 Å². The van der Waals surface area contributed by atoms with Gasteiger partial charge in [-0.25, -0.2) is 0 Å². The summed E-state index contributed by atoms with van der Waals surface area (Å²) in [7, 11) is 0. The van der Waals surface area contributed by atoms with E-state index >= 15 is 0 Å². The van der Waals surface area contributed by atoms with Crippen molar-refractivity contribution in [3.8, 4) is 17.1 Å². The van der Waals surface area contributed by atoms with Gasteiger partial charge in [0.25, 0.3) is 0 Å². The van der Waals surface area contributed by atoms with Crippen LogP contribution in [0.15, 0.2) is 58.3 Å². The molecule has 0 spiro atoms. The fourth-order valence-corrected chi connectivity index (χ4v) is 2.68. The SMILES string of the molecule is c1ccn(-c2cnn(Cc3nc(-c4ccsc4)no3)c2)c1. The van der Waals surface area contributed by atoms with Crippen LogP contribution in [0.1, 0.15) is 5.89 Å². The van der Waals surface area contributed by atoms with Gasteiger partial charge in [0.2, 0.25) is 11.7 Å². The van der Waals surface area contributed by atoms with Gasteiger partial charge in [0, 0.05) is 29.5 Å². The van der Waals surface area contributed by atoms with Crippen molar-refractivity contribution in [2.24, 2.45) is 0 Å². The summed E-state index contributed by atoms with van der Waals surface area (Å²) in [4.78, 5) is 4.38. The second-order valence-corrected chi connectivity index (χ2v) is 5.29. The maximum atomic E-state index is 5.27. The highest BCUT2D eigenvalue weighted by Gasteiger charge is 2.10. The monoisotopic (exact) mass is 297 g/mol. The molecule has 0 unspecified atom stereocenters. The van der Waals surface area contributed by atoms with E-state index in [9.17, 15) is 0 Å². The van der Waals surface area contributed by atoms with Crippen LogP contribution >= 0.6 is 11.3 Å². The Labute approximate surface area is 124 Å². The molecule has 0 aromatic carbocycles. The molecule has 4 aromatic rings. The zero-order chi connectivity index (χ0) is 14.1. The number of hydrogen-bond donors (Lipinski definition) is 0. The summed E-state index contributed by atoms with van der Waals surface area (Å²) in [5, 5.41) is 12.3. The van der Waals surface area contributed by atoms with Gasteiger partial charge in [-0.05, 0) is 23.6 Å². The summed E-state index contributed by atoms with van der Waals surface area (Å²) < 4.78 is 9.04. The summed E-state index contributed by atoms with van der Waals surface area (Å²) in [5.74, 6) is 1.15. The van der Waals surface area contributed by atoms with Gasteiger partial charge < -0.3 is 9.09 Å².